The number of sulfonamides is 1. The van der Waals surface area contributed by atoms with Crippen LogP contribution in [0.1, 0.15) is 24.5 Å². The first kappa shape index (κ1) is 14.5. The van der Waals surface area contributed by atoms with Gasteiger partial charge in [-0.1, -0.05) is 6.07 Å². The van der Waals surface area contributed by atoms with Gasteiger partial charge in [0.15, 0.2) is 0 Å². The molecule has 2 rings (SSSR count). The zero-order chi connectivity index (χ0) is 14.0. The summed E-state index contributed by atoms with van der Waals surface area (Å²) in [7, 11) is -3.35. The van der Waals surface area contributed by atoms with Crippen molar-refractivity contribution in [3.63, 3.8) is 0 Å². The molecule has 1 N–H and O–H groups in total. The predicted octanol–water partition coefficient (Wildman–Crippen LogP) is 1.68. The molecule has 0 aromatic heterocycles. The van der Waals surface area contributed by atoms with E-state index in [0.29, 0.717) is 30.6 Å². The molecule has 1 aliphatic rings. The van der Waals surface area contributed by atoms with Gasteiger partial charge >= 0.3 is 0 Å². The topological polar surface area (TPSA) is 49.4 Å². The first-order valence-electron chi connectivity index (χ1n) is 6.72. The monoisotopic (exact) mass is 282 g/mol. The Kier molecular flexibility index (Phi) is 4.28. The summed E-state index contributed by atoms with van der Waals surface area (Å²) in [6.07, 6.45) is 0.851. The van der Waals surface area contributed by atoms with E-state index in [-0.39, 0.29) is 0 Å². The molecule has 0 radical (unpaired) electrons. The Labute approximate surface area is 115 Å². The van der Waals surface area contributed by atoms with E-state index >= 15 is 0 Å². The molecular weight excluding hydrogens is 260 g/mol. The summed E-state index contributed by atoms with van der Waals surface area (Å²) in [4.78, 5) is 0.408. The molecule has 0 bridgehead atoms. The van der Waals surface area contributed by atoms with Gasteiger partial charge < -0.3 is 5.32 Å². The maximum Gasteiger partial charge on any atom is 0.243 e. The summed E-state index contributed by atoms with van der Waals surface area (Å²) < 4.78 is 26.8. The van der Waals surface area contributed by atoms with Crippen LogP contribution in [-0.4, -0.2) is 38.4 Å². The second-order valence-electron chi connectivity index (χ2n) is 5.29. The lowest BCUT2D eigenvalue weighted by atomic mass is 10.1. The highest BCUT2D eigenvalue weighted by molar-refractivity contribution is 7.89. The number of hydrogen-bond donors (Lipinski definition) is 1. The number of benzene rings is 1. The van der Waals surface area contributed by atoms with Crippen molar-refractivity contribution in [2.45, 2.75) is 38.1 Å². The van der Waals surface area contributed by atoms with Gasteiger partial charge in [-0.25, -0.2) is 8.42 Å². The van der Waals surface area contributed by atoms with Crippen LogP contribution >= 0.6 is 0 Å². The Morgan fingerprint density at radius 2 is 1.95 bits per heavy atom. The van der Waals surface area contributed by atoms with Crippen molar-refractivity contribution >= 4 is 10.0 Å². The van der Waals surface area contributed by atoms with Crippen molar-refractivity contribution in [1.82, 2.24) is 9.62 Å². The van der Waals surface area contributed by atoms with E-state index in [1.54, 1.807) is 16.4 Å². The second kappa shape index (κ2) is 5.61. The van der Waals surface area contributed by atoms with Gasteiger partial charge in [0, 0.05) is 25.7 Å². The molecule has 1 aliphatic heterocycles. The van der Waals surface area contributed by atoms with Crippen LogP contribution in [-0.2, 0) is 10.0 Å². The zero-order valence-corrected chi connectivity index (χ0v) is 12.6. The molecule has 0 aliphatic carbocycles. The Balaban J connectivity index is 2.28. The van der Waals surface area contributed by atoms with Crippen LogP contribution in [0.4, 0.5) is 0 Å². The van der Waals surface area contributed by atoms with Crippen molar-refractivity contribution in [3.8, 4) is 0 Å². The van der Waals surface area contributed by atoms with Gasteiger partial charge in [-0.05, 0) is 50.5 Å². The third-order valence-corrected chi connectivity index (χ3v) is 5.68. The van der Waals surface area contributed by atoms with Gasteiger partial charge in [0.05, 0.1) is 4.90 Å². The van der Waals surface area contributed by atoms with Crippen LogP contribution in [0, 0.1) is 13.8 Å². The van der Waals surface area contributed by atoms with Gasteiger partial charge in [0.25, 0.3) is 0 Å². The minimum atomic E-state index is -3.35. The fourth-order valence-corrected chi connectivity index (χ4v) is 3.79. The molecule has 106 valence electrons. The number of nitrogens with one attached hydrogen (secondary N) is 1. The minimum absolute atomic E-state index is 0.375. The first-order chi connectivity index (χ1) is 8.91. The number of rotatable bonds is 2. The summed E-state index contributed by atoms with van der Waals surface area (Å²) in [5, 5.41) is 3.31. The highest BCUT2D eigenvalue weighted by atomic mass is 32.2. The van der Waals surface area contributed by atoms with Crippen molar-refractivity contribution in [2.75, 3.05) is 19.6 Å². The molecule has 0 amide bonds. The third kappa shape index (κ3) is 3.16. The van der Waals surface area contributed by atoms with E-state index in [9.17, 15) is 8.42 Å². The van der Waals surface area contributed by atoms with E-state index in [1.165, 1.54) is 0 Å². The quantitative estimate of drug-likeness (QED) is 0.898. The van der Waals surface area contributed by atoms with Crippen LogP contribution in [0.15, 0.2) is 23.1 Å². The smallest absolute Gasteiger partial charge is 0.243 e. The molecule has 4 nitrogen and oxygen atoms in total. The molecule has 1 unspecified atom stereocenters. The van der Waals surface area contributed by atoms with Crippen molar-refractivity contribution < 1.29 is 8.42 Å². The highest BCUT2D eigenvalue weighted by Gasteiger charge is 2.26. The Hall–Kier alpha value is -0.910. The number of hydrogen-bond acceptors (Lipinski definition) is 3. The summed E-state index contributed by atoms with van der Waals surface area (Å²) in [5.74, 6) is 0. The predicted molar refractivity (Wildman–Crippen MR) is 76.8 cm³/mol. The Bertz CT molecular complexity index is 555. The van der Waals surface area contributed by atoms with Gasteiger partial charge in [0.1, 0.15) is 0 Å². The largest absolute Gasteiger partial charge is 0.313 e. The molecule has 1 atom stereocenters. The molecule has 1 saturated heterocycles. The SMILES string of the molecule is Cc1ccc(S(=O)(=O)N2CCNC(C)CC2)cc1C. The number of nitrogens with zero attached hydrogens (tertiary/aromatic N) is 1. The van der Waals surface area contributed by atoms with E-state index < -0.39 is 10.0 Å². The van der Waals surface area contributed by atoms with Crippen LogP contribution in [0.5, 0.6) is 0 Å². The van der Waals surface area contributed by atoms with Crippen molar-refractivity contribution in [3.05, 3.63) is 29.3 Å². The summed E-state index contributed by atoms with van der Waals surface area (Å²) in [6, 6.07) is 5.73. The lowest BCUT2D eigenvalue weighted by Gasteiger charge is -2.20. The summed E-state index contributed by atoms with van der Waals surface area (Å²) >= 11 is 0. The van der Waals surface area contributed by atoms with E-state index in [1.807, 2.05) is 19.9 Å². The maximum absolute atomic E-state index is 12.6. The third-order valence-electron chi connectivity index (χ3n) is 3.78. The fraction of sp³-hybridized carbons (Fsp3) is 0.571. The van der Waals surface area contributed by atoms with Gasteiger partial charge in [-0.3, -0.25) is 0 Å². The standard InChI is InChI=1S/C14H22N2O2S/c1-11-4-5-14(10-12(11)2)19(17,18)16-8-6-13(3)15-7-9-16/h4-5,10,13,15H,6-9H2,1-3H3. The summed E-state index contributed by atoms with van der Waals surface area (Å²) in [5.41, 5.74) is 2.13. The van der Waals surface area contributed by atoms with E-state index in [2.05, 4.69) is 12.2 Å². The molecule has 5 heteroatoms. The lowest BCUT2D eigenvalue weighted by molar-refractivity contribution is 0.429. The van der Waals surface area contributed by atoms with Gasteiger partial charge in [0.2, 0.25) is 10.0 Å². The minimum Gasteiger partial charge on any atom is -0.313 e. The molecular formula is C14H22N2O2S. The second-order valence-corrected chi connectivity index (χ2v) is 7.23. The average Bonchev–Trinajstić information content (AvgIpc) is 2.57. The molecule has 1 heterocycles. The fourth-order valence-electron chi connectivity index (χ4n) is 2.25. The molecule has 19 heavy (non-hydrogen) atoms. The van der Waals surface area contributed by atoms with Crippen molar-refractivity contribution in [2.24, 2.45) is 0 Å². The molecule has 0 spiro atoms. The molecule has 1 aromatic carbocycles. The van der Waals surface area contributed by atoms with Crippen molar-refractivity contribution in [1.29, 1.82) is 0 Å². The Morgan fingerprint density at radius 1 is 1.21 bits per heavy atom. The van der Waals surface area contributed by atoms with E-state index in [0.717, 1.165) is 17.5 Å². The molecule has 1 fully saturated rings. The lowest BCUT2D eigenvalue weighted by Crippen LogP contribution is -2.34. The number of aryl methyl sites for hydroxylation is 2. The first-order valence-corrected chi connectivity index (χ1v) is 8.16. The maximum atomic E-state index is 12.6. The van der Waals surface area contributed by atoms with Crippen LogP contribution in [0.2, 0.25) is 0 Å². The molecule has 0 saturated carbocycles. The van der Waals surface area contributed by atoms with Gasteiger partial charge in [-0.15, -0.1) is 0 Å². The van der Waals surface area contributed by atoms with Crippen LogP contribution in [0.3, 0.4) is 0 Å². The van der Waals surface area contributed by atoms with Crippen LogP contribution < -0.4 is 5.32 Å². The Morgan fingerprint density at radius 3 is 2.63 bits per heavy atom. The molecule has 1 aromatic rings. The average molecular weight is 282 g/mol. The normalized spacial score (nSPS) is 22.2. The van der Waals surface area contributed by atoms with E-state index in [4.69, 9.17) is 0 Å². The zero-order valence-electron chi connectivity index (χ0n) is 11.8. The highest BCUT2D eigenvalue weighted by Crippen LogP contribution is 2.20. The van der Waals surface area contributed by atoms with Crippen LogP contribution in [0.25, 0.3) is 0 Å². The van der Waals surface area contributed by atoms with Gasteiger partial charge in [-0.2, -0.15) is 4.31 Å². The summed E-state index contributed by atoms with van der Waals surface area (Å²) in [6.45, 7) is 7.87.